The number of carboxylic acid groups (broad SMARTS) is 1. The van der Waals surface area contributed by atoms with Gasteiger partial charge in [0.2, 0.25) is 0 Å². The number of nitrogens with one attached hydrogen (secondary N) is 1. The first-order valence-electron chi connectivity index (χ1n) is 7.12. The molecule has 0 atom stereocenters. The second-order valence-electron chi connectivity index (χ2n) is 6.40. The number of rotatable bonds is 6. The Kier molecular flexibility index (Phi) is 3.49. The molecule has 2 amide bonds. The van der Waals surface area contributed by atoms with E-state index in [-0.39, 0.29) is 6.03 Å². The summed E-state index contributed by atoms with van der Waals surface area (Å²) < 4.78 is 0. The van der Waals surface area contributed by atoms with Crippen LogP contribution in [0.5, 0.6) is 0 Å². The van der Waals surface area contributed by atoms with Crippen LogP contribution < -0.4 is 5.32 Å². The van der Waals surface area contributed by atoms with E-state index in [1.54, 1.807) is 20.8 Å². The van der Waals surface area contributed by atoms with Gasteiger partial charge in [0.15, 0.2) is 0 Å². The summed E-state index contributed by atoms with van der Waals surface area (Å²) in [5.74, 6) is -0.191. The highest BCUT2D eigenvalue weighted by Crippen LogP contribution is 2.60. The summed E-state index contributed by atoms with van der Waals surface area (Å²) >= 11 is 0. The van der Waals surface area contributed by atoms with E-state index >= 15 is 0 Å². The van der Waals surface area contributed by atoms with Crippen molar-refractivity contribution in [2.24, 2.45) is 11.3 Å². The van der Waals surface area contributed by atoms with Crippen molar-refractivity contribution in [2.45, 2.75) is 52.0 Å². The van der Waals surface area contributed by atoms with E-state index in [4.69, 9.17) is 0 Å². The van der Waals surface area contributed by atoms with Crippen LogP contribution in [0.15, 0.2) is 0 Å². The van der Waals surface area contributed by atoms with Crippen molar-refractivity contribution in [1.29, 1.82) is 0 Å². The van der Waals surface area contributed by atoms with Crippen LogP contribution in [-0.2, 0) is 4.79 Å². The first kappa shape index (κ1) is 14.2. The van der Waals surface area contributed by atoms with E-state index in [2.05, 4.69) is 5.32 Å². The largest absolute Gasteiger partial charge is 0.480 e. The Balaban J connectivity index is 1.92. The number of carbonyl (C=O) groups excluding carboxylic acids is 1. The fraction of sp³-hybridized carbons (Fsp3) is 0.857. The zero-order chi connectivity index (χ0) is 14.3. The quantitative estimate of drug-likeness (QED) is 0.774. The summed E-state index contributed by atoms with van der Waals surface area (Å²) in [6.07, 6.45) is 4.97. The number of carbonyl (C=O) groups is 2. The molecule has 2 aliphatic rings. The average molecular weight is 268 g/mol. The van der Waals surface area contributed by atoms with Gasteiger partial charge < -0.3 is 15.3 Å². The van der Waals surface area contributed by atoms with E-state index in [0.29, 0.717) is 18.5 Å². The van der Waals surface area contributed by atoms with Crippen molar-refractivity contribution in [3.05, 3.63) is 0 Å². The zero-order valence-corrected chi connectivity index (χ0v) is 12.0. The highest BCUT2D eigenvalue weighted by atomic mass is 16.4. The summed E-state index contributed by atoms with van der Waals surface area (Å²) in [5, 5.41) is 12.2. The molecule has 5 heteroatoms. The van der Waals surface area contributed by atoms with Crippen LogP contribution >= 0.6 is 0 Å². The minimum Gasteiger partial charge on any atom is -0.480 e. The molecule has 0 heterocycles. The fourth-order valence-corrected chi connectivity index (χ4v) is 2.84. The van der Waals surface area contributed by atoms with Crippen molar-refractivity contribution in [2.75, 3.05) is 13.1 Å². The summed E-state index contributed by atoms with van der Waals surface area (Å²) in [6.45, 7) is 6.01. The van der Waals surface area contributed by atoms with Crippen molar-refractivity contribution >= 4 is 12.0 Å². The number of hydrogen-bond acceptors (Lipinski definition) is 2. The predicted octanol–water partition coefficient (Wildman–Crippen LogP) is 2.07. The molecule has 2 rings (SSSR count). The van der Waals surface area contributed by atoms with Crippen LogP contribution in [0.3, 0.4) is 0 Å². The van der Waals surface area contributed by atoms with Crippen molar-refractivity contribution in [3.8, 4) is 0 Å². The molecule has 0 saturated heterocycles. The van der Waals surface area contributed by atoms with Crippen LogP contribution in [-0.4, -0.2) is 40.6 Å². The minimum absolute atomic E-state index is 0.262. The fourth-order valence-electron chi connectivity index (χ4n) is 2.84. The number of carboxylic acids is 1. The van der Waals surface area contributed by atoms with Crippen LogP contribution in [0.1, 0.15) is 46.5 Å². The molecule has 5 nitrogen and oxygen atoms in total. The molecule has 0 aliphatic heterocycles. The van der Waals surface area contributed by atoms with Crippen LogP contribution in [0.4, 0.5) is 4.79 Å². The van der Waals surface area contributed by atoms with Gasteiger partial charge in [-0.2, -0.15) is 0 Å². The third-order valence-electron chi connectivity index (χ3n) is 4.69. The third-order valence-corrected chi connectivity index (χ3v) is 4.69. The molecule has 0 aromatic heterocycles. The van der Waals surface area contributed by atoms with Gasteiger partial charge in [0.05, 0.1) is 0 Å². The van der Waals surface area contributed by atoms with Crippen molar-refractivity contribution < 1.29 is 14.7 Å². The molecule has 0 aromatic rings. The number of aliphatic carboxylic acids is 1. The Morgan fingerprint density at radius 1 is 1.37 bits per heavy atom. The number of hydrogen-bond donors (Lipinski definition) is 2. The lowest BCUT2D eigenvalue weighted by Crippen LogP contribution is -2.56. The van der Waals surface area contributed by atoms with E-state index in [9.17, 15) is 14.7 Å². The van der Waals surface area contributed by atoms with Crippen molar-refractivity contribution in [3.63, 3.8) is 0 Å². The van der Waals surface area contributed by atoms with Gasteiger partial charge in [-0.25, -0.2) is 9.59 Å². The second kappa shape index (κ2) is 4.69. The highest BCUT2D eigenvalue weighted by molar-refractivity contribution is 5.85. The standard InChI is InChI=1S/C14H24N2O3/c1-4-16(13(2,3)11(17)18)12(19)15-9-14(7-8-14)10-5-6-10/h10H,4-9H2,1-3H3,(H,15,19)(H,17,18). The molecule has 2 N–H and O–H groups in total. The summed E-state index contributed by atoms with van der Waals surface area (Å²) in [6, 6.07) is -0.262. The first-order chi connectivity index (χ1) is 8.83. The number of nitrogens with zero attached hydrogens (tertiary/aromatic N) is 1. The van der Waals surface area contributed by atoms with Gasteiger partial charge in [0, 0.05) is 13.1 Å². The van der Waals surface area contributed by atoms with Crippen molar-refractivity contribution in [1.82, 2.24) is 10.2 Å². The van der Waals surface area contributed by atoms with Gasteiger partial charge >= 0.3 is 12.0 Å². The Morgan fingerprint density at radius 3 is 2.32 bits per heavy atom. The number of amides is 2. The molecular formula is C14H24N2O3. The number of urea groups is 1. The van der Waals surface area contributed by atoms with Gasteiger partial charge in [-0.15, -0.1) is 0 Å². The average Bonchev–Trinajstić information content (AvgIpc) is 3.18. The van der Waals surface area contributed by atoms with E-state index in [1.165, 1.54) is 30.6 Å². The zero-order valence-electron chi connectivity index (χ0n) is 12.0. The van der Waals surface area contributed by atoms with Gasteiger partial charge in [-0.1, -0.05) is 0 Å². The van der Waals surface area contributed by atoms with E-state index in [1.807, 2.05) is 0 Å². The smallest absolute Gasteiger partial charge is 0.329 e. The Labute approximate surface area is 114 Å². The summed E-state index contributed by atoms with van der Waals surface area (Å²) in [7, 11) is 0. The maximum Gasteiger partial charge on any atom is 0.329 e. The molecule has 108 valence electrons. The lowest BCUT2D eigenvalue weighted by Gasteiger charge is -2.34. The monoisotopic (exact) mass is 268 g/mol. The molecule has 0 bridgehead atoms. The SMILES string of the molecule is CCN(C(=O)NCC1(C2CC2)CC1)C(C)(C)C(=O)O. The molecule has 0 spiro atoms. The van der Waals surface area contributed by atoms with Crippen LogP contribution in [0.25, 0.3) is 0 Å². The molecule has 0 aromatic carbocycles. The summed E-state index contributed by atoms with van der Waals surface area (Å²) in [5.41, 5.74) is -0.836. The van der Waals surface area contributed by atoms with Gasteiger partial charge in [-0.3, -0.25) is 0 Å². The minimum atomic E-state index is -1.17. The molecule has 2 saturated carbocycles. The molecule has 2 fully saturated rings. The summed E-state index contributed by atoms with van der Waals surface area (Å²) in [4.78, 5) is 24.8. The molecule has 19 heavy (non-hydrogen) atoms. The molecule has 0 radical (unpaired) electrons. The Hall–Kier alpha value is -1.26. The third kappa shape index (κ3) is 2.69. The maximum absolute atomic E-state index is 12.2. The lowest BCUT2D eigenvalue weighted by molar-refractivity contribution is -0.147. The van der Waals surface area contributed by atoms with E-state index in [0.717, 1.165) is 5.92 Å². The van der Waals surface area contributed by atoms with Gasteiger partial charge in [0.25, 0.3) is 0 Å². The lowest BCUT2D eigenvalue weighted by atomic mass is 10.0. The first-order valence-corrected chi connectivity index (χ1v) is 7.12. The van der Waals surface area contributed by atoms with Gasteiger partial charge in [-0.05, 0) is 57.8 Å². The second-order valence-corrected chi connectivity index (χ2v) is 6.40. The van der Waals surface area contributed by atoms with Crippen LogP contribution in [0, 0.1) is 11.3 Å². The number of likely N-dealkylation sites (N-methyl/N-ethyl adjacent to an activating group) is 1. The maximum atomic E-state index is 12.2. The Morgan fingerprint density at radius 2 is 1.95 bits per heavy atom. The van der Waals surface area contributed by atoms with E-state index < -0.39 is 11.5 Å². The van der Waals surface area contributed by atoms with Crippen LogP contribution in [0.2, 0.25) is 0 Å². The molecular weight excluding hydrogens is 244 g/mol. The predicted molar refractivity (Wildman–Crippen MR) is 71.9 cm³/mol. The highest BCUT2D eigenvalue weighted by Gasteiger charge is 2.53. The molecule has 0 unspecified atom stereocenters. The normalized spacial score (nSPS) is 20.8. The van der Waals surface area contributed by atoms with Gasteiger partial charge in [0.1, 0.15) is 5.54 Å². The Bertz CT molecular complexity index is 384. The molecule has 2 aliphatic carbocycles. The topological polar surface area (TPSA) is 69.6 Å².